The van der Waals surface area contributed by atoms with Gasteiger partial charge in [0.15, 0.2) is 6.10 Å². The van der Waals surface area contributed by atoms with Crippen molar-refractivity contribution in [2.24, 2.45) is 0 Å². The first-order chi connectivity index (χ1) is 25.2. The summed E-state index contributed by atoms with van der Waals surface area (Å²) in [5, 5.41) is 18.3. The zero-order chi connectivity index (χ0) is 38.4. The monoisotopic (exact) mass is 763 g/mol. The molecular weight excluding hydrogens is 683 g/mol. The van der Waals surface area contributed by atoms with Crippen LogP contribution in [0.4, 0.5) is 0 Å². The Bertz CT molecular complexity index is 884. The third-order valence-electron chi connectivity index (χ3n) is 9.17. The molecule has 0 aliphatic rings. The van der Waals surface area contributed by atoms with E-state index in [0.29, 0.717) is 12.8 Å². The summed E-state index contributed by atoms with van der Waals surface area (Å²) in [6, 6.07) is 0. The molecule has 0 aromatic heterocycles. The molecule has 0 aliphatic carbocycles. The molecule has 3 atom stereocenters. The van der Waals surface area contributed by atoms with Crippen molar-refractivity contribution < 1.29 is 47.8 Å². The second-order valence-corrected chi connectivity index (χ2v) is 15.8. The lowest BCUT2D eigenvalue weighted by molar-refractivity contribution is -0.161. The predicted octanol–water partition coefficient (Wildman–Crippen LogP) is 10.8. The van der Waals surface area contributed by atoms with Crippen LogP contribution in [0.2, 0.25) is 0 Å². The van der Waals surface area contributed by atoms with Gasteiger partial charge in [0.2, 0.25) is 0 Å². The van der Waals surface area contributed by atoms with E-state index in [1.54, 1.807) is 0 Å². The van der Waals surface area contributed by atoms with Gasteiger partial charge >= 0.3 is 19.8 Å². The maximum absolute atomic E-state index is 12.6. The number of rotatable bonds is 40. The van der Waals surface area contributed by atoms with Crippen molar-refractivity contribution in [1.29, 1.82) is 0 Å². The van der Waals surface area contributed by atoms with Gasteiger partial charge in [-0.3, -0.25) is 18.6 Å². The predicted molar refractivity (Wildman–Crippen MR) is 210 cm³/mol. The topological polar surface area (TPSA) is 149 Å². The van der Waals surface area contributed by atoms with Crippen LogP contribution in [0.3, 0.4) is 0 Å². The summed E-state index contributed by atoms with van der Waals surface area (Å²) in [5.41, 5.74) is 0. The summed E-state index contributed by atoms with van der Waals surface area (Å²) in [5.74, 6) is -0.926. The molecule has 1 unspecified atom stereocenters. The largest absolute Gasteiger partial charge is 0.472 e. The van der Waals surface area contributed by atoms with Crippen LogP contribution in [-0.2, 0) is 32.7 Å². The first-order valence-electron chi connectivity index (χ1n) is 21.1. The number of ether oxygens (including phenoxy) is 2. The summed E-state index contributed by atoms with van der Waals surface area (Å²) in [7, 11) is -4.61. The van der Waals surface area contributed by atoms with E-state index >= 15 is 0 Å². The van der Waals surface area contributed by atoms with E-state index < -0.39 is 51.8 Å². The Hall–Kier alpha value is -1.29. The van der Waals surface area contributed by atoms with Crippen molar-refractivity contribution in [2.75, 3.05) is 26.4 Å². The quantitative estimate of drug-likeness (QED) is 0.0238. The lowest BCUT2D eigenvalue weighted by Gasteiger charge is -2.20. The Morgan fingerprint density at radius 3 is 1.38 bits per heavy atom. The number of phosphoric acid groups is 1. The van der Waals surface area contributed by atoms with Gasteiger partial charge in [0, 0.05) is 12.8 Å². The molecule has 0 rings (SSSR count). The number of hydrogen-bond acceptors (Lipinski definition) is 9. The van der Waals surface area contributed by atoms with Crippen molar-refractivity contribution in [3.8, 4) is 0 Å². The lowest BCUT2D eigenvalue weighted by Crippen LogP contribution is -2.29. The fraction of sp³-hybridized carbons (Fsp3) is 0.902. The van der Waals surface area contributed by atoms with Crippen molar-refractivity contribution in [3.63, 3.8) is 0 Å². The molecule has 0 radical (unpaired) electrons. The van der Waals surface area contributed by atoms with Crippen LogP contribution in [0, 0.1) is 0 Å². The van der Waals surface area contributed by atoms with E-state index in [-0.39, 0.29) is 19.4 Å². The van der Waals surface area contributed by atoms with Crippen molar-refractivity contribution >= 4 is 19.8 Å². The number of unbranched alkanes of at least 4 members (excludes halogenated alkanes) is 24. The van der Waals surface area contributed by atoms with Crippen LogP contribution in [0.15, 0.2) is 12.2 Å². The Labute approximate surface area is 317 Å². The molecule has 308 valence electrons. The van der Waals surface area contributed by atoms with Crippen molar-refractivity contribution in [2.45, 2.75) is 212 Å². The van der Waals surface area contributed by atoms with Crippen LogP contribution in [-0.4, -0.2) is 65.7 Å². The number of hydrogen-bond donors (Lipinski definition) is 3. The molecule has 52 heavy (non-hydrogen) atoms. The lowest BCUT2D eigenvalue weighted by atomic mass is 10.0. The van der Waals surface area contributed by atoms with Crippen LogP contribution in [0.1, 0.15) is 200 Å². The number of aliphatic hydroxyl groups excluding tert-OH is 2. The van der Waals surface area contributed by atoms with E-state index in [4.69, 9.17) is 19.1 Å². The average Bonchev–Trinajstić information content (AvgIpc) is 3.13. The summed E-state index contributed by atoms with van der Waals surface area (Å²) < 4.78 is 32.7. The second kappa shape index (κ2) is 38.0. The van der Waals surface area contributed by atoms with Gasteiger partial charge in [0.25, 0.3) is 0 Å². The minimum absolute atomic E-state index is 0.178. The van der Waals surface area contributed by atoms with Gasteiger partial charge < -0.3 is 24.6 Å². The summed E-state index contributed by atoms with van der Waals surface area (Å²) >= 11 is 0. The molecule has 11 heteroatoms. The standard InChI is InChI=1S/C41H79O10P/c1-3-5-7-9-11-13-15-17-19-21-23-25-27-29-31-33-41(45)51-39(37-50-52(46,47)49-35-38(43)34-42)36-48-40(44)32-30-28-26-24-22-20-18-16-14-12-10-8-6-4-2/h17,19,38-39,42-43H,3-16,18,20-37H2,1-2H3,(H,46,47)/b19-17+/t38-,39+/m0/s1. The van der Waals surface area contributed by atoms with E-state index in [1.165, 1.54) is 103 Å². The smallest absolute Gasteiger partial charge is 0.462 e. The molecule has 3 N–H and O–H groups in total. The number of aliphatic hydroxyl groups is 2. The zero-order valence-corrected chi connectivity index (χ0v) is 34.2. The van der Waals surface area contributed by atoms with Gasteiger partial charge in [0.1, 0.15) is 12.7 Å². The fourth-order valence-corrected chi connectivity index (χ4v) is 6.66. The molecule has 0 heterocycles. The minimum atomic E-state index is -4.61. The molecule has 10 nitrogen and oxygen atoms in total. The number of phosphoric ester groups is 1. The van der Waals surface area contributed by atoms with Gasteiger partial charge in [-0.05, 0) is 38.5 Å². The summed E-state index contributed by atoms with van der Waals surface area (Å²) in [6.45, 7) is 2.38. The van der Waals surface area contributed by atoms with E-state index in [2.05, 4.69) is 30.5 Å². The Balaban J connectivity index is 4.30. The molecule has 0 saturated carbocycles. The Morgan fingerprint density at radius 1 is 0.558 bits per heavy atom. The Morgan fingerprint density at radius 2 is 0.942 bits per heavy atom. The third-order valence-corrected chi connectivity index (χ3v) is 10.1. The highest BCUT2D eigenvalue weighted by Gasteiger charge is 2.27. The number of carbonyl (C=O) groups is 2. The molecule has 0 spiro atoms. The molecule has 0 amide bonds. The van der Waals surface area contributed by atoms with Crippen LogP contribution >= 0.6 is 7.82 Å². The highest BCUT2D eigenvalue weighted by molar-refractivity contribution is 7.47. The third kappa shape index (κ3) is 37.0. The molecule has 0 aliphatic heterocycles. The number of carbonyl (C=O) groups excluding carboxylic acids is 2. The minimum Gasteiger partial charge on any atom is -0.462 e. The van der Waals surface area contributed by atoms with Crippen LogP contribution in [0.5, 0.6) is 0 Å². The van der Waals surface area contributed by atoms with Crippen molar-refractivity contribution in [1.82, 2.24) is 0 Å². The average molecular weight is 763 g/mol. The van der Waals surface area contributed by atoms with Crippen LogP contribution in [0.25, 0.3) is 0 Å². The molecule has 0 bridgehead atoms. The molecule has 0 aromatic carbocycles. The fourth-order valence-electron chi connectivity index (χ4n) is 5.87. The zero-order valence-electron chi connectivity index (χ0n) is 33.3. The van der Waals surface area contributed by atoms with E-state index in [1.807, 2.05) is 0 Å². The molecule has 0 saturated heterocycles. The van der Waals surface area contributed by atoms with Gasteiger partial charge in [-0.25, -0.2) is 4.57 Å². The summed E-state index contributed by atoms with van der Waals surface area (Å²) in [4.78, 5) is 34.9. The van der Waals surface area contributed by atoms with E-state index in [9.17, 15) is 24.2 Å². The maximum Gasteiger partial charge on any atom is 0.472 e. The van der Waals surface area contributed by atoms with Crippen LogP contribution < -0.4 is 0 Å². The Kier molecular flexibility index (Phi) is 37.1. The highest BCUT2D eigenvalue weighted by atomic mass is 31.2. The second-order valence-electron chi connectivity index (χ2n) is 14.4. The highest BCUT2D eigenvalue weighted by Crippen LogP contribution is 2.43. The van der Waals surface area contributed by atoms with Gasteiger partial charge in [-0.15, -0.1) is 0 Å². The van der Waals surface area contributed by atoms with Crippen molar-refractivity contribution in [3.05, 3.63) is 12.2 Å². The number of allylic oxidation sites excluding steroid dienone is 2. The maximum atomic E-state index is 12.6. The SMILES string of the molecule is CCCCCCCC/C=C/CCCCCCCC(=O)O[C@H](COC(=O)CCCCCCCCCCCCCCCC)COP(=O)(O)OC[C@@H](O)CO. The van der Waals surface area contributed by atoms with Gasteiger partial charge in [-0.1, -0.05) is 161 Å². The summed E-state index contributed by atoms with van der Waals surface area (Å²) in [6.07, 6.45) is 34.6. The van der Waals surface area contributed by atoms with Gasteiger partial charge in [-0.2, -0.15) is 0 Å². The van der Waals surface area contributed by atoms with E-state index in [0.717, 1.165) is 57.8 Å². The molecular formula is C41H79O10P. The normalized spacial score (nSPS) is 14.0. The first kappa shape index (κ1) is 50.7. The number of esters is 2. The van der Waals surface area contributed by atoms with Gasteiger partial charge in [0.05, 0.1) is 19.8 Å². The molecule has 0 fully saturated rings. The first-order valence-corrected chi connectivity index (χ1v) is 22.6. The molecule has 0 aromatic rings.